The van der Waals surface area contributed by atoms with Crippen molar-refractivity contribution < 1.29 is 0 Å². The zero-order chi connectivity index (χ0) is 14.1. The topological polar surface area (TPSA) is 54.5 Å². The molecular formula is C14H8Cl2N4. The summed E-state index contributed by atoms with van der Waals surface area (Å²) < 4.78 is 1.75. The number of rotatable bonds is 2. The normalized spacial score (nSPS) is 10.7. The maximum absolute atomic E-state index is 8.78. The lowest BCUT2D eigenvalue weighted by molar-refractivity contribution is 0.670. The van der Waals surface area contributed by atoms with Crippen LogP contribution in [-0.4, -0.2) is 15.0 Å². The second kappa shape index (κ2) is 5.12. The van der Waals surface area contributed by atoms with Crippen LogP contribution in [0.5, 0.6) is 0 Å². The highest BCUT2D eigenvalue weighted by Gasteiger charge is 2.08. The Hall–Kier alpha value is -2.09. The number of nitriles is 1. The number of hydrogen-bond donors (Lipinski definition) is 0. The number of nitrogens with zero attached hydrogens (tertiary/aromatic N) is 4. The molecule has 0 bridgehead atoms. The first-order valence-electron chi connectivity index (χ1n) is 5.84. The number of aromatic nitrogens is 3. The molecule has 0 N–H and O–H groups in total. The van der Waals surface area contributed by atoms with Gasteiger partial charge in [0.1, 0.15) is 5.52 Å². The lowest BCUT2D eigenvalue weighted by Gasteiger charge is -2.03. The van der Waals surface area contributed by atoms with Crippen molar-refractivity contribution in [2.45, 2.75) is 6.54 Å². The average Bonchev–Trinajstić information content (AvgIpc) is 2.83. The molecule has 0 aliphatic rings. The Labute approximate surface area is 125 Å². The van der Waals surface area contributed by atoms with Gasteiger partial charge in [-0.1, -0.05) is 40.5 Å². The molecule has 6 heteroatoms. The molecule has 0 saturated carbocycles. The monoisotopic (exact) mass is 302 g/mol. The summed E-state index contributed by atoms with van der Waals surface area (Å²) in [5.41, 5.74) is 3.19. The van der Waals surface area contributed by atoms with Crippen molar-refractivity contribution in [1.82, 2.24) is 15.0 Å². The predicted molar refractivity (Wildman–Crippen MR) is 77.8 cm³/mol. The van der Waals surface area contributed by atoms with Crippen LogP contribution >= 0.6 is 23.2 Å². The lowest BCUT2D eigenvalue weighted by atomic mass is 10.1. The summed E-state index contributed by atoms with van der Waals surface area (Å²) in [6, 6.07) is 12.9. The van der Waals surface area contributed by atoms with Crippen molar-refractivity contribution in [1.29, 1.82) is 5.26 Å². The fraction of sp³-hybridized carbons (Fsp3) is 0.0714. The van der Waals surface area contributed by atoms with Gasteiger partial charge in [-0.05, 0) is 29.8 Å². The molecule has 3 aromatic rings. The fourth-order valence-corrected chi connectivity index (χ4v) is 2.25. The van der Waals surface area contributed by atoms with Gasteiger partial charge in [-0.3, -0.25) is 0 Å². The zero-order valence-corrected chi connectivity index (χ0v) is 11.7. The van der Waals surface area contributed by atoms with Crippen LogP contribution in [0.1, 0.15) is 11.1 Å². The second-order valence-electron chi connectivity index (χ2n) is 4.31. The minimum absolute atomic E-state index is 0.463. The average molecular weight is 303 g/mol. The Balaban J connectivity index is 1.98. The van der Waals surface area contributed by atoms with Crippen molar-refractivity contribution in [3.63, 3.8) is 0 Å². The fourth-order valence-electron chi connectivity index (χ4n) is 1.94. The maximum Gasteiger partial charge on any atom is 0.114 e. The Bertz CT molecular complexity index is 816. The van der Waals surface area contributed by atoms with Crippen LogP contribution in [0.3, 0.4) is 0 Å². The molecular weight excluding hydrogens is 295 g/mol. The summed E-state index contributed by atoms with van der Waals surface area (Å²) in [6.45, 7) is 0.556. The minimum atomic E-state index is 0.463. The molecule has 98 valence electrons. The van der Waals surface area contributed by atoms with Crippen LogP contribution in [0.4, 0.5) is 0 Å². The molecule has 0 radical (unpaired) electrons. The smallest absolute Gasteiger partial charge is 0.114 e. The Morgan fingerprint density at radius 1 is 1.10 bits per heavy atom. The molecule has 20 heavy (non-hydrogen) atoms. The summed E-state index contributed by atoms with van der Waals surface area (Å²) in [5, 5.41) is 17.9. The molecule has 0 aliphatic heterocycles. The summed E-state index contributed by atoms with van der Waals surface area (Å²) in [6.07, 6.45) is 0. The van der Waals surface area contributed by atoms with Crippen LogP contribution < -0.4 is 0 Å². The van der Waals surface area contributed by atoms with E-state index in [2.05, 4.69) is 16.4 Å². The highest BCUT2D eigenvalue weighted by atomic mass is 35.5. The second-order valence-corrected chi connectivity index (χ2v) is 5.13. The van der Waals surface area contributed by atoms with Gasteiger partial charge in [0.25, 0.3) is 0 Å². The molecule has 0 amide bonds. The Morgan fingerprint density at radius 3 is 2.50 bits per heavy atom. The molecule has 0 atom stereocenters. The van der Waals surface area contributed by atoms with E-state index >= 15 is 0 Å². The van der Waals surface area contributed by atoms with Crippen molar-refractivity contribution in [3.05, 3.63) is 57.6 Å². The third-order valence-electron chi connectivity index (χ3n) is 2.97. The molecule has 0 aliphatic carbocycles. The van der Waals surface area contributed by atoms with E-state index in [1.807, 2.05) is 12.1 Å². The minimum Gasteiger partial charge on any atom is -0.240 e. The van der Waals surface area contributed by atoms with E-state index in [9.17, 15) is 0 Å². The highest BCUT2D eigenvalue weighted by Crippen LogP contribution is 2.26. The standard InChI is InChI=1S/C14H8Cl2N4/c15-11-5-13-14(6-12(11)16)20(19-18-13)8-10-3-1-9(7-17)2-4-10/h1-6H,8H2. The molecule has 0 spiro atoms. The van der Waals surface area contributed by atoms with Gasteiger partial charge < -0.3 is 0 Å². The summed E-state index contributed by atoms with van der Waals surface area (Å²) >= 11 is 12.0. The first-order chi connectivity index (χ1) is 9.67. The molecule has 2 aromatic carbocycles. The van der Waals surface area contributed by atoms with Gasteiger partial charge in [0, 0.05) is 0 Å². The van der Waals surface area contributed by atoms with E-state index in [1.165, 1.54) is 0 Å². The van der Waals surface area contributed by atoms with Crippen molar-refractivity contribution >= 4 is 34.2 Å². The lowest BCUT2D eigenvalue weighted by Crippen LogP contribution is -2.01. The quantitative estimate of drug-likeness (QED) is 0.726. The van der Waals surface area contributed by atoms with Gasteiger partial charge in [-0.25, -0.2) is 4.68 Å². The van der Waals surface area contributed by atoms with Crippen LogP contribution in [0, 0.1) is 11.3 Å². The zero-order valence-electron chi connectivity index (χ0n) is 10.2. The van der Waals surface area contributed by atoms with Crippen molar-refractivity contribution in [2.75, 3.05) is 0 Å². The molecule has 1 heterocycles. The third-order valence-corrected chi connectivity index (χ3v) is 3.69. The van der Waals surface area contributed by atoms with Gasteiger partial charge in [0.2, 0.25) is 0 Å². The van der Waals surface area contributed by atoms with Gasteiger partial charge >= 0.3 is 0 Å². The summed E-state index contributed by atoms with van der Waals surface area (Å²) in [5.74, 6) is 0. The summed E-state index contributed by atoms with van der Waals surface area (Å²) in [7, 11) is 0. The first kappa shape index (κ1) is 12.9. The van der Waals surface area contributed by atoms with E-state index in [0.29, 0.717) is 27.7 Å². The Morgan fingerprint density at radius 2 is 1.80 bits per heavy atom. The third kappa shape index (κ3) is 2.34. The van der Waals surface area contributed by atoms with Gasteiger partial charge in [0.05, 0.1) is 33.7 Å². The van der Waals surface area contributed by atoms with E-state index in [-0.39, 0.29) is 0 Å². The molecule has 4 nitrogen and oxygen atoms in total. The maximum atomic E-state index is 8.78. The van der Waals surface area contributed by atoms with Crippen LogP contribution in [-0.2, 0) is 6.54 Å². The van der Waals surface area contributed by atoms with Crippen molar-refractivity contribution in [2.24, 2.45) is 0 Å². The number of benzene rings is 2. The van der Waals surface area contributed by atoms with Crippen LogP contribution in [0.2, 0.25) is 10.0 Å². The van der Waals surface area contributed by atoms with Crippen molar-refractivity contribution in [3.8, 4) is 6.07 Å². The van der Waals surface area contributed by atoms with E-state index in [0.717, 1.165) is 11.1 Å². The largest absolute Gasteiger partial charge is 0.240 e. The number of hydrogen-bond acceptors (Lipinski definition) is 3. The summed E-state index contributed by atoms with van der Waals surface area (Å²) in [4.78, 5) is 0. The Kier molecular flexibility index (Phi) is 3.31. The number of halogens is 2. The first-order valence-corrected chi connectivity index (χ1v) is 6.60. The molecule has 0 saturated heterocycles. The van der Waals surface area contributed by atoms with E-state index in [4.69, 9.17) is 28.5 Å². The molecule has 0 unspecified atom stereocenters. The predicted octanol–water partition coefficient (Wildman–Crippen LogP) is 3.66. The molecule has 1 aromatic heterocycles. The van der Waals surface area contributed by atoms with E-state index in [1.54, 1.807) is 28.9 Å². The molecule has 3 rings (SSSR count). The van der Waals surface area contributed by atoms with Crippen LogP contribution in [0.25, 0.3) is 11.0 Å². The van der Waals surface area contributed by atoms with Gasteiger partial charge in [0.15, 0.2) is 0 Å². The van der Waals surface area contributed by atoms with Gasteiger partial charge in [-0.2, -0.15) is 5.26 Å². The SMILES string of the molecule is N#Cc1ccc(Cn2nnc3cc(Cl)c(Cl)cc32)cc1. The van der Waals surface area contributed by atoms with E-state index < -0.39 is 0 Å². The van der Waals surface area contributed by atoms with Crippen LogP contribution in [0.15, 0.2) is 36.4 Å². The molecule has 0 fully saturated rings. The number of fused-ring (bicyclic) bond motifs is 1. The van der Waals surface area contributed by atoms with Gasteiger partial charge in [-0.15, -0.1) is 5.10 Å². The highest BCUT2D eigenvalue weighted by molar-refractivity contribution is 6.42.